The number of hydrogen-bond donors (Lipinski definition) is 0. The first-order valence-electron chi connectivity index (χ1n) is 3.51. The van der Waals surface area contributed by atoms with E-state index in [1.807, 2.05) is 24.3 Å². The Kier molecular flexibility index (Phi) is 9.13. The van der Waals surface area contributed by atoms with Crippen LogP contribution in [0.25, 0.3) is 10.8 Å². The smallest absolute Gasteiger partial charge is 1.00 e. The zero-order valence-electron chi connectivity index (χ0n) is 7.38. The van der Waals surface area contributed by atoms with Gasteiger partial charge in [0.05, 0.1) is 0 Å². The molecule has 0 aliphatic heterocycles. The molecule has 0 saturated heterocycles. The summed E-state index contributed by atoms with van der Waals surface area (Å²) in [7, 11) is 0. The maximum absolute atomic E-state index is 13.0. The van der Waals surface area contributed by atoms with Crippen LogP contribution in [0, 0.1) is 5.82 Å². The van der Waals surface area contributed by atoms with Crippen molar-refractivity contribution in [2.24, 2.45) is 0 Å². The molecule has 0 radical (unpaired) electrons. The summed E-state index contributed by atoms with van der Waals surface area (Å²) in [5, 5.41) is 1.64. The van der Waals surface area contributed by atoms with Gasteiger partial charge in [0.15, 0.2) is 0 Å². The molecule has 0 N–H and O–H groups in total. The quantitative estimate of drug-likeness (QED) is 0.442. The fourth-order valence-electron chi connectivity index (χ4n) is 1.19. The predicted molar refractivity (Wildman–Crippen MR) is 49.7 cm³/mol. The van der Waals surface area contributed by atoms with Gasteiger partial charge in [0.2, 0.25) is 0 Å². The molecule has 0 aliphatic rings. The minimum Gasteiger partial charge on any atom is -1.00 e. The van der Waals surface area contributed by atoms with Crippen molar-refractivity contribution in [1.82, 2.24) is 0 Å². The Morgan fingerprint density at radius 1 is 0.786 bits per heavy atom. The number of fused-ring (bicyclic) bond motifs is 1. The van der Waals surface area contributed by atoms with Gasteiger partial charge >= 0.3 is 23.1 Å². The second kappa shape index (κ2) is 7.62. The minimum atomic E-state index is -0.150. The van der Waals surface area contributed by atoms with E-state index in [4.69, 9.17) is 0 Å². The first kappa shape index (κ1) is 16.8. The zero-order chi connectivity index (χ0) is 7.68. The summed E-state index contributed by atoms with van der Waals surface area (Å²) in [6.07, 6.45) is 0. The Morgan fingerprint density at radius 3 is 2.00 bits per heavy atom. The standard InChI is InChI=1S/C10H7F.2BrH.Mg/c11-10-7-3-5-8-4-1-2-6-9(8)10;;;/h1-7H;2*1H;/q;;;+2/p-2. The largest absolute Gasteiger partial charge is 2.00 e. The maximum atomic E-state index is 13.0. The third-order valence-electron chi connectivity index (χ3n) is 1.74. The second-order valence-electron chi connectivity index (χ2n) is 2.46. The molecule has 14 heavy (non-hydrogen) atoms. The average molecular weight is 330 g/mol. The fraction of sp³-hybridized carbons (Fsp3) is 0. The first-order chi connectivity index (χ1) is 5.38. The Balaban J connectivity index is 0. The van der Waals surface area contributed by atoms with E-state index in [0.29, 0.717) is 5.39 Å². The van der Waals surface area contributed by atoms with Crippen molar-refractivity contribution >= 4 is 33.8 Å². The number of benzene rings is 2. The summed E-state index contributed by atoms with van der Waals surface area (Å²) in [5.41, 5.74) is 0. The van der Waals surface area contributed by atoms with Crippen LogP contribution in [0.5, 0.6) is 0 Å². The van der Waals surface area contributed by atoms with Crippen molar-refractivity contribution in [3.8, 4) is 0 Å². The number of rotatable bonds is 0. The van der Waals surface area contributed by atoms with E-state index < -0.39 is 0 Å². The monoisotopic (exact) mass is 328 g/mol. The van der Waals surface area contributed by atoms with Crippen LogP contribution in [0.3, 0.4) is 0 Å². The van der Waals surface area contributed by atoms with Crippen LogP contribution in [0.4, 0.5) is 4.39 Å². The molecule has 0 spiro atoms. The maximum Gasteiger partial charge on any atom is 2.00 e. The van der Waals surface area contributed by atoms with Crippen LogP contribution in [0.1, 0.15) is 0 Å². The van der Waals surface area contributed by atoms with Gasteiger partial charge in [0.1, 0.15) is 5.82 Å². The van der Waals surface area contributed by atoms with E-state index >= 15 is 0 Å². The van der Waals surface area contributed by atoms with Gasteiger partial charge in [0.25, 0.3) is 0 Å². The van der Waals surface area contributed by atoms with Gasteiger partial charge in [-0.15, -0.1) is 0 Å². The normalized spacial score (nSPS) is 8.07. The van der Waals surface area contributed by atoms with Crippen LogP contribution in [0.2, 0.25) is 0 Å². The van der Waals surface area contributed by atoms with Crippen LogP contribution in [-0.2, 0) is 0 Å². The van der Waals surface area contributed by atoms with Crippen molar-refractivity contribution in [3.05, 3.63) is 48.3 Å². The van der Waals surface area contributed by atoms with E-state index in [9.17, 15) is 4.39 Å². The Labute approximate surface area is 120 Å². The van der Waals surface area contributed by atoms with Gasteiger partial charge in [-0.25, -0.2) is 4.39 Å². The molecule has 0 unspecified atom stereocenters. The number of hydrogen-bond acceptors (Lipinski definition) is 0. The van der Waals surface area contributed by atoms with E-state index in [1.165, 1.54) is 6.07 Å². The van der Waals surface area contributed by atoms with E-state index in [2.05, 4.69) is 0 Å². The molecular formula is C10H7Br2FMg. The number of halogens is 3. The summed E-state index contributed by atoms with van der Waals surface area (Å²) in [4.78, 5) is 0. The molecule has 2 rings (SSSR count). The molecule has 0 nitrogen and oxygen atoms in total. The molecule has 4 heteroatoms. The molecule has 0 aliphatic carbocycles. The van der Waals surface area contributed by atoms with E-state index in [0.717, 1.165) is 5.39 Å². The average Bonchev–Trinajstić information content (AvgIpc) is 2.06. The summed E-state index contributed by atoms with van der Waals surface area (Å²) < 4.78 is 13.0. The van der Waals surface area contributed by atoms with E-state index in [1.54, 1.807) is 12.1 Å². The fourth-order valence-corrected chi connectivity index (χ4v) is 1.19. The molecule has 2 aromatic carbocycles. The van der Waals surface area contributed by atoms with Crippen molar-refractivity contribution in [1.29, 1.82) is 0 Å². The molecule has 0 bridgehead atoms. The summed E-state index contributed by atoms with van der Waals surface area (Å²) in [6.45, 7) is 0. The molecule has 0 heterocycles. The van der Waals surface area contributed by atoms with Crippen molar-refractivity contribution < 1.29 is 38.4 Å². The molecule has 0 fully saturated rings. The second-order valence-corrected chi connectivity index (χ2v) is 2.46. The Morgan fingerprint density at radius 2 is 1.36 bits per heavy atom. The van der Waals surface area contributed by atoms with Crippen molar-refractivity contribution in [2.75, 3.05) is 0 Å². The summed E-state index contributed by atoms with van der Waals surface area (Å²) in [5.74, 6) is -0.150. The van der Waals surface area contributed by atoms with Crippen molar-refractivity contribution in [2.45, 2.75) is 0 Å². The molecule has 0 amide bonds. The van der Waals surface area contributed by atoms with Crippen LogP contribution in [0.15, 0.2) is 42.5 Å². The van der Waals surface area contributed by atoms with Gasteiger partial charge < -0.3 is 34.0 Å². The van der Waals surface area contributed by atoms with Gasteiger partial charge in [-0.3, -0.25) is 0 Å². The minimum absolute atomic E-state index is 0. The molecule has 0 atom stereocenters. The van der Waals surface area contributed by atoms with Gasteiger partial charge in [-0.2, -0.15) is 0 Å². The summed E-state index contributed by atoms with van der Waals surface area (Å²) in [6, 6.07) is 12.5. The van der Waals surface area contributed by atoms with Crippen molar-refractivity contribution in [3.63, 3.8) is 0 Å². The third kappa shape index (κ3) is 3.49. The topological polar surface area (TPSA) is 0 Å². The van der Waals surface area contributed by atoms with Gasteiger partial charge in [-0.05, 0) is 11.5 Å². The van der Waals surface area contributed by atoms with Crippen LogP contribution < -0.4 is 34.0 Å². The molecule has 70 valence electrons. The van der Waals surface area contributed by atoms with Gasteiger partial charge in [-0.1, -0.05) is 36.4 Å². The first-order valence-corrected chi connectivity index (χ1v) is 3.51. The molecular weight excluding hydrogens is 323 g/mol. The SMILES string of the molecule is Fc1cccc2ccccc12.[Br-].[Br-].[Mg+2]. The Hall–Kier alpha value is 0.356. The van der Waals surface area contributed by atoms with Gasteiger partial charge in [0, 0.05) is 5.39 Å². The predicted octanol–water partition coefficient (Wildman–Crippen LogP) is -3.39. The molecule has 2 aromatic rings. The van der Waals surface area contributed by atoms with Crippen LogP contribution >= 0.6 is 0 Å². The zero-order valence-corrected chi connectivity index (χ0v) is 12.0. The molecule has 0 saturated carbocycles. The van der Waals surface area contributed by atoms with Crippen LogP contribution in [-0.4, -0.2) is 23.1 Å². The Bertz CT molecular complexity index is 387. The summed E-state index contributed by atoms with van der Waals surface area (Å²) >= 11 is 0. The molecule has 0 aromatic heterocycles. The third-order valence-corrected chi connectivity index (χ3v) is 1.74. The van der Waals surface area contributed by atoms with E-state index in [-0.39, 0.29) is 62.8 Å².